The highest BCUT2D eigenvalue weighted by Gasteiger charge is 2.25. The van der Waals surface area contributed by atoms with E-state index in [0.717, 1.165) is 19.3 Å². The van der Waals surface area contributed by atoms with E-state index in [2.05, 4.69) is 17.6 Å². The van der Waals surface area contributed by atoms with Crippen LogP contribution in [-0.2, 0) is 4.79 Å². The molecule has 0 saturated heterocycles. The van der Waals surface area contributed by atoms with Crippen LogP contribution in [0.5, 0.6) is 5.75 Å². The summed E-state index contributed by atoms with van der Waals surface area (Å²) in [5.41, 5.74) is 6.98. The van der Waals surface area contributed by atoms with E-state index in [1.165, 1.54) is 0 Å². The van der Waals surface area contributed by atoms with Gasteiger partial charge in [0.1, 0.15) is 11.8 Å². The largest absolute Gasteiger partial charge is 0.497 e. The molecule has 2 unspecified atom stereocenters. The van der Waals surface area contributed by atoms with Gasteiger partial charge in [-0.1, -0.05) is 50.1 Å². The number of benzene rings is 2. The summed E-state index contributed by atoms with van der Waals surface area (Å²) >= 11 is 0. The number of amides is 2. The maximum Gasteiger partial charge on any atom is 0.252 e. The number of nitrogens with two attached hydrogens (primary N) is 1. The number of nitrogens with one attached hydrogen (secondary N) is 2. The molecule has 0 aromatic heterocycles. The molecule has 4 N–H and O–H groups in total. The SMILES string of the molecule is CCCCC(CN)NC(=O)C(NC(=O)c1ccc(OC)cc1)c1ccccc1.Cl. The van der Waals surface area contributed by atoms with Gasteiger partial charge in [0.2, 0.25) is 5.91 Å². The van der Waals surface area contributed by atoms with Crippen LogP contribution in [0.1, 0.15) is 48.1 Å². The summed E-state index contributed by atoms with van der Waals surface area (Å²) in [6.07, 6.45) is 2.83. The Hall–Kier alpha value is -2.57. The highest BCUT2D eigenvalue weighted by atomic mass is 35.5. The quantitative estimate of drug-likeness (QED) is 0.551. The molecule has 7 heteroatoms. The first kappa shape index (κ1) is 24.5. The summed E-state index contributed by atoms with van der Waals surface area (Å²) in [6, 6.07) is 15.0. The zero-order chi connectivity index (χ0) is 20.4. The van der Waals surface area contributed by atoms with Crippen LogP contribution in [0.3, 0.4) is 0 Å². The van der Waals surface area contributed by atoms with Crippen molar-refractivity contribution < 1.29 is 14.3 Å². The average Bonchev–Trinajstić information content (AvgIpc) is 2.75. The first-order valence-electron chi connectivity index (χ1n) is 9.59. The van der Waals surface area contributed by atoms with Gasteiger partial charge >= 0.3 is 0 Å². The second kappa shape index (κ2) is 12.8. The predicted octanol–water partition coefficient (Wildman–Crippen LogP) is 3.22. The number of ether oxygens (including phenoxy) is 1. The molecule has 0 fully saturated rings. The van der Waals surface area contributed by atoms with Crippen LogP contribution in [-0.4, -0.2) is 31.5 Å². The third-order valence-electron chi connectivity index (χ3n) is 4.56. The molecule has 0 heterocycles. The van der Waals surface area contributed by atoms with Crippen LogP contribution >= 0.6 is 12.4 Å². The van der Waals surface area contributed by atoms with Gasteiger partial charge in [0, 0.05) is 18.2 Å². The van der Waals surface area contributed by atoms with E-state index in [0.29, 0.717) is 23.4 Å². The normalized spacial score (nSPS) is 12.2. The molecule has 2 amide bonds. The zero-order valence-corrected chi connectivity index (χ0v) is 17.7. The Bertz CT molecular complexity index is 754. The fourth-order valence-corrected chi connectivity index (χ4v) is 2.89. The topological polar surface area (TPSA) is 93.5 Å². The van der Waals surface area contributed by atoms with Crippen LogP contribution in [0.2, 0.25) is 0 Å². The Morgan fingerprint density at radius 2 is 1.69 bits per heavy atom. The first-order valence-corrected chi connectivity index (χ1v) is 9.59. The molecule has 29 heavy (non-hydrogen) atoms. The Balaban J connectivity index is 0.00000420. The van der Waals surface area contributed by atoms with Crippen molar-refractivity contribution in [3.63, 3.8) is 0 Å². The summed E-state index contributed by atoms with van der Waals surface area (Å²) in [5.74, 6) is 0.0692. The van der Waals surface area contributed by atoms with Crippen molar-refractivity contribution in [1.82, 2.24) is 10.6 Å². The summed E-state index contributed by atoms with van der Waals surface area (Å²) in [7, 11) is 1.57. The van der Waals surface area contributed by atoms with Crippen molar-refractivity contribution in [1.29, 1.82) is 0 Å². The molecular weight excluding hydrogens is 390 g/mol. The second-order valence-corrected chi connectivity index (χ2v) is 6.63. The molecule has 0 radical (unpaired) electrons. The number of unbranched alkanes of at least 4 members (excludes halogenated alkanes) is 1. The zero-order valence-electron chi connectivity index (χ0n) is 16.9. The van der Waals surface area contributed by atoms with E-state index in [1.54, 1.807) is 31.4 Å². The van der Waals surface area contributed by atoms with Gasteiger partial charge in [0.25, 0.3) is 5.91 Å². The van der Waals surface area contributed by atoms with Crippen LogP contribution < -0.4 is 21.1 Å². The van der Waals surface area contributed by atoms with Crippen LogP contribution in [0.15, 0.2) is 54.6 Å². The number of carbonyl (C=O) groups excluding carboxylic acids is 2. The van der Waals surface area contributed by atoms with Crippen molar-refractivity contribution in [3.05, 3.63) is 65.7 Å². The van der Waals surface area contributed by atoms with E-state index in [4.69, 9.17) is 10.5 Å². The Morgan fingerprint density at radius 1 is 1.03 bits per heavy atom. The number of hydrogen-bond acceptors (Lipinski definition) is 4. The summed E-state index contributed by atoms with van der Waals surface area (Å²) in [6.45, 7) is 2.46. The molecule has 2 rings (SSSR count). The molecule has 2 atom stereocenters. The maximum absolute atomic E-state index is 12.9. The van der Waals surface area contributed by atoms with E-state index >= 15 is 0 Å². The van der Waals surface area contributed by atoms with Gasteiger partial charge in [0.05, 0.1) is 7.11 Å². The standard InChI is InChI=1S/C22H29N3O3.ClH/c1-3-4-10-18(15-23)24-22(27)20(16-8-6-5-7-9-16)25-21(26)17-11-13-19(28-2)14-12-17;/h5-9,11-14,18,20H,3-4,10,15,23H2,1-2H3,(H,24,27)(H,25,26);1H. The van der Waals surface area contributed by atoms with Gasteiger partial charge in [-0.2, -0.15) is 0 Å². The molecule has 158 valence electrons. The van der Waals surface area contributed by atoms with E-state index in [9.17, 15) is 9.59 Å². The molecule has 0 aliphatic rings. The molecule has 2 aromatic rings. The van der Waals surface area contributed by atoms with Crippen molar-refractivity contribution in [2.24, 2.45) is 5.73 Å². The lowest BCUT2D eigenvalue weighted by Gasteiger charge is -2.23. The third kappa shape index (κ3) is 7.40. The highest BCUT2D eigenvalue weighted by Crippen LogP contribution is 2.16. The van der Waals surface area contributed by atoms with Crippen LogP contribution in [0, 0.1) is 0 Å². The number of halogens is 1. The average molecular weight is 420 g/mol. The minimum Gasteiger partial charge on any atom is -0.497 e. The fourth-order valence-electron chi connectivity index (χ4n) is 2.89. The second-order valence-electron chi connectivity index (χ2n) is 6.63. The monoisotopic (exact) mass is 419 g/mol. The fraction of sp³-hybridized carbons (Fsp3) is 0.364. The number of rotatable bonds is 10. The van der Waals surface area contributed by atoms with Gasteiger partial charge in [-0.15, -0.1) is 12.4 Å². The lowest BCUT2D eigenvalue weighted by Crippen LogP contribution is -2.46. The molecule has 6 nitrogen and oxygen atoms in total. The van der Waals surface area contributed by atoms with E-state index in [1.807, 2.05) is 30.3 Å². The Labute approximate surface area is 178 Å². The summed E-state index contributed by atoms with van der Waals surface area (Å²) in [4.78, 5) is 25.6. The van der Waals surface area contributed by atoms with Crippen LogP contribution in [0.25, 0.3) is 0 Å². The van der Waals surface area contributed by atoms with Gasteiger partial charge in [-0.3, -0.25) is 9.59 Å². The molecule has 0 spiro atoms. The summed E-state index contributed by atoms with van der Waals surface area (Å²) in [5, 5.41) is 5.82. The van der Waals surface area contributed by atoms with Crippen molar-refractivity contribution >= 4 is 24.2 Å². The van der Waals surface area contributed by atoms with Crippen molar-refractivity contribution in [2.75, 3.05) is 13.7 Å². The molecule has 2 aromatic carbocycles. The smallest absolute Gasteiger partial charge is 0.252 e. The highest BCUT2D eigenvalue weighted by molar-refractivity contribution is 5.98. The van der Waals surface area contributed by atoms with Gasteiger partial charge in [-0.05, 0) is 36.2 Å². The lowest BCUT2D eigenvalue weighted by atomic mass is 10.0. The van der Waals surface area contributed by atoms with E-state index < -0.39 is 6.04 Å². The Morgan fingerprint density at radius 3 is 2.24 bits per heavy atom. The molecule has 0 aliphatic heterocycles. The minimum atomic E-state index is -0.800. The number of hydrogen-bond donors (Lipinski definition) is 3. The molecule has 0 bridgehead atoms. The van der Waals surface area contributed by atoms with E-state index in [-0.39, 0.29) is 30.3 Å². The number of carbonyl (C=O) groups is 2. The van der Waals surface area contributed by atoms with Gasteiger partial charge < -0.3 is 21.1 Å². The Kier molecular flexibility index (Phi) is 10.8. The van der Waals surface area contributed by atoms with Gasteiger partial charge in [-0.25, -0.2) is 0 Å². The number of methoxy groups -OCH3 is 1. The molecule has 0 aliphatic carbocycles. The molecule has 0 saturated carbocycles. The maximum atomic E-state index is 12.9. The van der Waals surface area contributed by atoms with Crippen LogP contribution in [0.4, 0.5) is 0 Å². The predicted molar refractivity (Wildman–Crippen MR) is 117 cm³/mol. The summed E-state index contributed by atoms with van der Waals surface area (Å²) < 4.78 is 5.12. The van der Waals surface area contributed by atoms with Crippen molar-refractivity contribution in [3.8, 4) is 5.75 Å². The first-order chi connectivity index (χ1) is 13.6. The van der Waals surface area contributed by atoms with Gasteiger partial charge in [0.15, 0.2) is 0 Å². The van der Waals surface area contributed by atoms with Crippen molar-refractivity contribution in [2.45, 2.75) is 38.3 Å². The molecular formula is C22H30ClN3O3. The lowest BCUT2D eigenvalue weighted by molar-refractivity contribution is -0.123. The minimum absolute atomic E-state index is 0. The third-order valence-corrected chi connectivity index (χ3v) is 4.56.